The Balaban J connectivity index is 1.34. The van der Waals surface area contributed by atoms with Crippen LogP contribution in [-0.4, -0.2) is 12.6 Å². The second-order valence-electron chi connectivity index (χ2n) is 9.32. The van der Waals surface area contributed by atoms with Gasteiger partial charge >= 0.3 is 5.97 Å². The molecule has 0 radical (unpaired) electrons. The van der Waals surface area contributed by atoms with Gasteiger partial charge in [-0.1, -0.05) is 30.4 Å². The van der Waals surface area contributed by atoms with Crippen LogP contribution < -0.4 is 9.47 Å². The van der Waals surface area contributed by atoms with Gasteiger partial charge in [0.15, 0.2) is 11.6 Å². The molecule has 3 nitrogen and oxygen atoms in total. The first-order chi connectivity index (χ1) is 16.1. The van der Waals surface area contributed by atoms with E-state index in [2.05, 4.69) is 24.8 Å². The Hall–Kier alpha value is -2.88. The van der Waals surface area contributed by atoms with Crippen molar-refractivity contribution in [1.29, 1.82) is 0 Å². The molecule has 0 heterocycles. The Morgan fingerprint density at radius 1 is 1.06 bits per heavy atom. The summed E-state index contributed by atoms with van der Waals surface area (Å²) in [5, 5.41) is 0. The van der Waals surface area contributed by atoms with E-state index in [1.54, 1.807) is 12.1 Å². The number of esters is 1. The zero-order valence-electron chi connectivity index (χ0n) is 19.3. The van der Waals surface area contributed by atoms with Gasteiger partial charge in [-0.25, -0.2) is 9.18 Å². The molecule has 4 atom stereocenters. The molecule has 174 valence electrons. The molecule has 2 aliphatic carbocycles. The number of ether oxygens (including phenoxy) is 2. The molecule has 0 aliphatic heterocycles. The van der Waals surface area contributed by atoms with Crippen LogP contribution in [0, 0.1) is 23.6 Å². The predicted molar refractivity (Wildman–Crippen MR) is 129 cm³/mol. The molecule has 0 saturated heterocycles. The van der Waals surface area contributed by atoms with Crippen molar-refractivity contribution >= 4 is 5.97 Å². The zero-order valence-corrected chi connectivity index (χ0v) is 19.3. The molecule has 2 aromatic rings. The van der Waals surface area contributed by atoms with E-state index >= 15 is 0 Å². The molecule has 2 aromatic carbocycles. The minimum Gasteiger partial charge on any atom is -0.486 e. The van der Waals surface area contributed by atoms with E-state index in [9.17, 15) is 9.18 Å². The summed E-state index contributed by atoms with van der Waals surface area (Å²) in [6.45, 7) is 6.15. The van der Waals surface area contributed by atoms with Gasteiger partial charge in [0.2, 0.25) is 0 Å². The Kier molecular flexibility index (Phi) is 7.64. The summed E-state index contributed by atoms with van der Waals surface area (Å²) >= 11 is 0. The van der Waals surface area contributed by atoms with Crippen molar-refractivity contribution in [2.75, 3.05) is 6.61 Å². The fourth-order valence-electron chi connectivity index (χ4n) is 5.40. The van der Waals surface area contributed by atoms with E-state index in [0.717, 1.165) is 11.8 Å². The van der Waals surface area contributed by atoms with Crippen molar-refractivity contribution < 1.29 is 18.7 Å². The standard InChI is InChI=1S/C29H33FO3/c1-3-5-16-32-28-15-14-26(19-27(28)30)33-29(31)22-10-8-21(9-11-22)24-13-12-23-17-20(4-2)6-7-25(23)18-24/h3-5,8-11,14-15,19-20,23-25H,2,6-7,12-13,16-18H2,1H3/b5-3+. The lowest BCUT2D eigenvalue weighted by Crippen LogP contribution is -2.29. The van der Waals surface area contributed by atoms with Crippen LogP contribution in [0.3, 0.4) is 0 Å². The van der Waals surface area contributed by atoms with Gasteiger partial charge in [0.05, 0.1) is 5.56 Å². The second kappa shape index (κ2) is 10.8. The molecule has 2 fully saturated rings. The summed E-state index contributed by atoms with van der Waals surface area (Å²) < 4.78 is 24.9. The number of hydrogen-bond acceptors (Lipinski definition) is 3. The zero-order chi connectivity index (χ0) is 23.2. The SMILES string of the molecule is C=CC1CCC2CC(c3ccc(C(=O)Oc4ccc(OC/C=C/C)c(F)c4)cc3)CCC2C1. The molecule has 0 amide bonds. The van der Waals surface area contributed by atoms with Gasteiger partial charge in [-0.15, -0.1) is 6.58 Å². The van der Waals surface area contributed by atoms with Crippen LogP contribution in [0.4, 0.5) is 4.39 Å². The van der Waals surface area contributed by atoms with Crippen LogP contribution in [0.15, 0.2) is 67.3 Å². The molecule has 33 heavy (non-hydrogen) atoms. The molecule has 0 N–H and O–H groups in total. The van der Waals surface area contributed by atoms with Crippen LogP contribution in [0.2, 0.25) is 0 Å². The van der Waals surface area contributed by atoms with Gasteiger partial charge in [0, 0.05) is 6.07 Å². The molecule has 4 heteroatoms. The van der Waals surface area contributed by atoms with Crippen LogP contribution >= 0.6 is 0 Å². The van der Waals surface area contributed by atoms with Crippen molar-refractivity contribution in [3.8, 4) is 11.5 Å². The quantitative estimate of drug-likeness (QED) is 0.250. The van der Waals surface area contributed by atoms with Crippen LogP contribution in [0.1, 0.15) is 67.3 Å². The van der Waals surface area contributed by atoms with E-state index in [1.807, 2.05) is 25.1 Å². The van der Waals surface area contributed by atoms with Gasteiger partial charge in [-0.2, -0.15) is 0 Å². The Bertz CT molecular complexity index is 994. The summed E-state index contributed by atoms with van der Waals surface area (Å²) in [6, 6.07) is 11.9. The third kappa shape index (κ3) is 5.73. The number of fused-ring (bicyclic) bond motifs is 1. The van der Waals surface area contributed by atoms with E-state index in [1.165, 1.54) is 56.2 Å². The number of benzene rings is 2. The molecule has 4 unspecified atom stereocenters. The number of carbonyl (C=O) groups excluding carboxylic acids is 1. The summed E-state index contributed by atoms with van der Waals surface area (Å²) in [6.07, 6.45) is 13.4. The summed E-state index contributed by atoms with van der Waals surface area (Å²) in [7, 11) is 0. The minimum absolute atomic E-state index is 0.130. The molecule has 2 aliphatic rings. The van der Waals surface area contributed by atoms with E-state index < -0.39 is 11.8 Å². The normalized spacial score (nSPS) is 24.8. The van der Waals surface area contributed by atoms with Crippen LogP contribution in [0.25, 0.3) is 0 Å². The Morgan fingerprint density at radius 2 is 1.82 bits per heavy atom. The van der Waals surface area contributed by atoms with Gasteiger partial charge in [-0.3, -0.25) is 0 Å². The monoisotopic (exact) mass is 448 g/mol. The topological polar surface area (TPSA) is 35.5 Å². The van der Waals surface area contributed by atoms with Gasteiger partial charge < -0.3 is 9.47 Å². The van der Waals surface area contributed by atoms with Crippen LogP contribution in [-0.2, 0) is 0 Å². The first-order valence-corrected chi connectivity index (χ1v) is 12.1. The summed E-state index contributed by atoms with van der Waals surface area (Å²) in [5.74, 6) is 2.15. The maximum atomic E-state index is 14.2. The van der Waals surface area contributed by atoms with Crippen molar-refractivity contribution in [3.05, 3.63) is 84.2 Å². The smallest absolute Gasteiger partial charge is 0.343 e. The first-order valence-electron chi connectivity index (χ1n) is 12.1. The number of allylic oxidation sites excluding steroid dienone is 2. The highest BCUT2D eigenvalue weighted by atomic mass is 19.1. The van der Waals surface area contributed by atoms with E-state index in [4.69, 9.17) is 9.47 Å². The fourth-order valence-corrected chi connectivity index (χ4v) is 5.40. The van der Waals surface area contributed by atoms with Gasteiger partial charge in [0.25, 0.3) is 0 Å². The van der Waals surface area contributed by atoms with E-state index in [0.29, 0.717) is 17.4 Å². The lowest BCUT2D eigenvalue weighted by Gasteiger charge is -2.41. The molecule has 4 rings (SSSR count). The number of rotatable bonds is 7. The lowest BCUT2D eigenvalue weighted by atomic mass is 9.64. The molecule has 0 aromatic heterocycles. The van der Waals surface area contributed by atoms with E-state index in [-0.39, 0.29) is 18.1 Å². The Morgan fingerprint density at radius 3 is 2.55 bits per heavy atom. The molecular formula is C29H33FO3. The highest BCUT2D eigenvalue weighted by Gasteiger charge is 2.35. The third-order valence-electron chi connectivity index (χ3n) is 7.29. The van der Waals surface area contributed by atoms with Gasteiger partial charge in [-0.05, 0) is 98.9 Å². The van der Waals surface area contributed by atoms with Gasteiger partial charge in [0.1, 0.15) is 12.4 Å². The van der Waals surface area contributed by atoms with Crippen molar-refractivity contribution in [3.63, 3.8) is 0 Å². The van der Waals surface area contributed by atoms with Crippen molar-refractivity contribution in [2.24, 2.45) is 17.8 Å². The molecule has 0 bridgehead atoms. The average molecular weight is 449 g/mol. The average Bonchev–Trinajstić information content (AvgIpc) is 2.85. The highest BCUT2D eigenvalue weighted by Crippen LogP contribution is 2.47. The largest absolute Gasteiger partial charge is 0.486 e. The summed E-state index contributed by atoms with van der Waals surface area (Å²) in [5.41, 5.74) is 1.76. The second-order valence-corrected chi connectivity index (χ2v) is 9.32. The minimum atomic E-state index is -0.558. The summed E-state index contributed by atoms with van der Waals surface area (Å²) in [4.78, 5) is 12.6. The third-order valence-corrected chi connectivity index (χ3v) is 7.29. The van der Waals surface area contributed by atoms with Crippen molar-refractivity contribution in [2.45, 2.75) is 51.4 Å². The molecule has 0 spiro atoms. The number of carbonyl (C=O) groups is 1. The predicted octanol–water partition coefficient (Wildman–Crippen LogP) is 7.49. The number of hydrogen-bond donors (Lipinski definition) is 0. The molecular weight excluding hydrogens is 415 g/mol. The fraction of sp³-hybridized carbons (Fsp3) is 0.414. The lowest BCUT2D eigenvalue weighted by molar-refractivity contribution is 0.0734. The maximum Gasteiger partial charge on any atom is 0.343 e. The van der Waals surface area contributed by atoms with Crippen LogP contribution in [0.5, 0.6) is 11.5 Å². The van der Waals surface area contributed by atoms with Crippen molar-refractivity contribution in [1.82, 2.24) is 0 Å². The molecule has 2 saturated carbocycles. The maximum absolute atomic E-state index is 14.2. The Labute approximate surface area is 196 Å². The first kappa shape index (κ1) is 23.3. The number of halogens is 1. The highest BCUT2D eigenvalue weighted by molar-refractivity contribution is 5.91.